The van der Waals surface area contributed by atoms with Crippen LogP contribution in [0.3, 0.4) is 0 Å². The molecule has 3 N–H and O–H groups in total. The standard InChI is InChI=1S/C24H32N8O2/c1-2-9-26-24(33)28-18-5-3-17(4-6-18)21-29-22(31-12-14-34-15-13-31)20-16-27-32(23(20)30-21)19-7-10-25-11-8-19/h3-6,16,19,25H,2,7-15H2,1H3,(H2,26,28,33). The van der Waals surface area contributed by atoms with Gasteiger partial charge in [-0.3, -0.25) is 0 Å². The Bertz CT molecular complexity index is 1120. The summed E-state index contributed by atoms with van der Waals surface area (Å²) in [4.78, 5) is 24.2. The minimum Gasteiger partial charge on any atom is -0.378 e. The third-order valence-electron chi connectivity index (χ3n) is 6.34. The van der Waals surface area contributed by atoms with Gasteiger partial charge in [-0.2, -0.15) is 5.10 Å². The van der Waals surface area contributed by atoms with Crippen LogP contribution < -0.4 is 20.9 Å². The molecule has 2 fully saturated rings. The topological polar surface area (TPSA) is 109 Å². The minimum absolute atomic E-state index is 0.201. The zero-order valence-corrected chi connectivity index (χ0v) is 19.6. The molecule has 1 aromatic carbocycles. The highest BCUT2D eigenvalue weighted by molar-refractivity contribution is 5.90. The van der Waals surface area contributed by atoms with Gasteiger partial charge < -0.3 is 25.6 Å². The maximum Gasteiger partial charge on any atom is 0.319 e. The maximum atomic E-state index is 12.0. The lowest BCUT2D eigenvalue weighted by molar-refractivity contribution is 0.122. The molecule has 0 bridgehead atoms. The molecule has 4 heterocycles. The van der Waals surface area contributed by atoms with Crippen molar-refractivity contribution < 1.29 is 9.53 Å². The number of piperidine rings is 1. The minimum atomic E-state index is -0.201. The quantitative estimate of drug-likeness (QED) is 0.515. The highest BCUT2D eigenvalue weighted by Crippen LogP contribution is 2.31. The first-order valence-electron chi connectivity index (χ1n) is 12.2. The molecule has 0 spiro atoms. The molecule has 5 rings (SSSR count). The molecule has 0 radical (unpaired) electrons. The number of aromatic nitrogens is 4. The van der Waals surface area contributed by atoms with E-state index in [4.69, 9.17) is 19.8 Å². The molecule has 0 aliphatic carbocycles. The van der Waals surface area contributed by atoms with Crippen molar-refractivity contribution in [3.05, 3.63) is 30.5 Å². The van der Waals surface area contributed by atoms with Gasteiger partial charge in [0.2, 0.25) is 0 Å². The van der Waals surface area contributed by atoms with Gasteiger partial charge in [-0.05, 0) is 56.6 Å². The van der Waals surface area contributed by atoms with Crippen LogP contribution in [0.4, 0.5) is 16.3 Å². The Morgan fingerprint density at radius 1 is 1.15 bits per heavy atom. The van der Waals surface area contributed by atoms with Crippen LogP contribution in [0.1, 0.15) is 32.2 Å². The average molecular weight is 465 g/mol. The van der Waals surface area contributed by atoms with E-state index in [9.17, 15) is 4.79 Å². The number of carbonyl (C=O) groups excluding carboxylic acids is 1. The largest absolute Gasteiger partial charge is 0.378 e. The second kappa shape index (κ2) is 10.4. The van der Waals surface area contributed by atoms with E-state index in [0.717, 1.165) is 73.5 Å². The van der Waals surface area contributed by atoms with E-state index < -0.39 is 0 Å². The highest BCUT2D eigenvalue weighted by Gasteiger charge is 2.24. The number of hydrogen-bond donors (Lipinski definition) is 3. The molecule has 3 aromatic rings. The maximum absolute atomic E-state index is 12.0. The zero-order chi connectivity index (χ0) is 23.3. The van der Waals surface area contributed by atoms with Crippen LogP contribution >= 0.6 is 0 Å². The number of ether oxygens (including phenoxy) is 1. The zero-order valence-electron chi connectivity index (χ0n) is 19.6. The van der Waals surface area contributed by atoms with Gasteiger partial charge in [-0.15, -0.1) is 0 Å². The molecule has 2 aromatic heterocycles. The Labute approximate surface area is 199 Å². The number of fused-ring (bicyclic) bond motifs is 1. The number of anilines is 2. The fraction of sp³-hybridized carbons (Fsp3) is 0.500. The van der Waals surface area contributed by atoms with Crippen molar-refractivity contribution >= 4 is 28.6 Å². The molecule has 2 aliphatic heterocycles. The average Bonchev–Trinajstić information content (AvgIpc) is 3.32. The van der Waals surface area contributed by atoms with Crippen molar-refractivity contribution in [2.75, 3.05) is 56.2 Å². The second-order valence-corrected chi connectivity index (χ2v) is 8.74. The normalized spacial score (nSPS) is 17.1. The number of urea groups is 1. The summed E-state index contributed by atoms with van der Waals surface area (Å²) in [5, 5.41) is 14.8. The first-order chi connectivity index (χ1) is 16.7. The van der Waals surface area contributed by atoms with Gasteiger partial charge in [0.05, 0.1) is 30.8 Å². The van der Waals surface area contributed by atoms with E-state index in [1.54, 1.807) is 0 Å². The lowest BCUT2D eigenvalue weighted by Crippen LogP contribution is -2.37. The fourth-order valence-electron chi connectivity index (χ4n) is 4.49. The Morgan fingerprint density at radius 2 is 1.91 bits per heavy atom. The number of hydrogen-bond acceptors (Lipinski definition) is 7. The van der Waals surface area contributed by atoms with Crippen LogP contribution in [0.5, 0.6) is 0 Å². The van der Waals surface area contributed by atoms with Gasteiger partial charge in [0.1, 0.15) is 5.82 Å². The fourth-order valence-corrected chi connectivity index (χ4v) is 4.49. The lowest BCUT2D eigenvalue weighted by atomic mass is 10.1. The number of nitrogens with one attached hydrogen (secondary N) is 3. The molecule has 2 amide bonds. The highest BCUT2D eigenvalue weighted by atomic mass is 16.5. The van der Waals surface area contributed by atoms with Crippen LogP contribution in [0.2, 0.25) is 0 Å². The van der Waals surface area contributed by atoms with Gasteiger partial charge in [-0.1, -0.05) is 6.92 Å². The van der Waals surface area contributed by atoms with Crippen molar-refractivity contribution in [3.8, 4) is 11.4 Å². The van der Waals surface area contributed by atoms with Crippen LogP contribution in [0, 0.1) is 0 Å². The molecule has 0 unspecified atom stereocenters. The van der Waals surface area contributed by atoms with Crippen molar-refractivity contribution in [1.82, 2.24) is 30.4 Å². The van der Waals surface area contributed by atoms with Gasteiger partial charge >= 0.3 is 6.03 Å². The van der Waals surface area contributed by atoms with E-state index >= 15 is 0 Å². The molecule has 180 valence electrons. The second-order valence-electron chi connectivity index (χ2n) is 8.74. The first kappa shape index (κ1) is 22.5. The molecular weight excluding hydrogens is 432 g/mol. The molecule has 2 saturated heterocycles. The van der Waals surface area contributed by atoms with Gasteiger partial charge in [0.25, 0.3) is 0 Å². The third kappa shape index (κ3) is 4.83. The summed E-state index contributed by atoms with van der Waals surface area (Å²) in [7, 11) is 0. The smallest absolute Gasteiger partial charge is 0.319 e. The molecule has 34 heavy (non-hydrogen) atoms. The summed E-state index contributed by atoms with van der Waals surface area (Å²) in [5.74, 6) is 1.57. The Morgan fingerprint density at radius 3 is 2.65 bits per heavy atom. The van der Waals surface area contributed by atoms with Gasteiger partial charge in [0, 0.05) is 30.9 Å². The van der Waals surface area contributed by atoms with Crippen molar-refractivity contribution in [3.63, 3.8) is 0 Å². The van der Waals surface area contributed by atoms with Crippen LogP contribution in [-0.2, 0) is 4.74 Å². The van der Waals surface area contributed by atoms with Crippen molar-refractivity contribution in [1.29, 1.82) is 0 Å². The third-order valence-corrected chi connectivity index (χ3v) is 6.34. The number of nitrogens with zero attached hydrogens (tertiary/aromatic N) is 5. The van der Waals surface area contributed by atoms with Crippen molar-refractivity contribution in [2.24, 2.45) is 0 Å². The van der Waals surface area contributed by atoms with E-state index in [2.05, 4.69) is 25.5 Å². The van der Waals surface area contributed by atoms with E-state index in [1.165, 1.54) is 0 Å². The molecule has 0 atom stereocenters. The summed E-state index contributed by atoms with van der Waals surface area (Å²) < 4.78 is 7.65. The number of amides is 2. The molecular formula is C24H32N8O2. The molecule has 10 nitrogen and oxygen atoms in total. The molecule has 2 aliphatic rings. The predicted octanol–water partition coefficient (Wildman–Crippen LogP) is 2.79. The van der Waals surface area contributed by atoms with E-state index in [-0.39, 0.29) is 6.03 Å². The molecule has 0 saturated carbocycles. The Hall–Kier alpha value is -3.24. The molecule has 10 heteroatoms. The van der Waals surface area contributed by atoms with Crippen LogP contribution in [-0.4, -0.2) is 71.7 Å². The van der Waals surface area contributed by atoms with Crippen molar-refractivity contribution in [2.45, 2.75) is 32.2 Å². The summed E-state index contributed by atoms with van der Waals surface area (Å²) in [5.41, 5.74) is 2.50. The number of morpholine rings is 1. The summed E-state index contributed by atoms with van der Waals surface area (Å²) in [6, 6.07) is 7.79. The summed E-state index contributed by atoms with van der Waals surface area (Å²) in [6.07, 6.45) is 4.87. The van der Waals surface area contributed by atoms with Gasteiger partial charge in [0.15, 0.2) is 11.5 Å². The lowest BCUT2D eigenvalue weighted by Gasteiger charge is -2.28. The SMILES string of the molecule is CCCNC(=O)Nc1ccc(-c2nc(N3CCOCC3)c3cnn(C4CCNCC4)c3n2)cc1. The van der Waals surface area contributed by atoms with Crippen LogP contribution in [0.25, 0.3) is 22.4 Å². The Balaban J connectivity index is 1.49. The predicted molar refractivity (Wildman–Crippen MR) is 132 cm³/mol. The van der Waals surface area contributed by atoms with Gasteiger partial charge in [-0.25, -0.2) is 19.4 Å². The summed E-state index contributed by atoms with van der Waals surface area (Å²) in [6.45, 7) is 7.59. The monoisotopic (exact) mass is 464 g/mol. The number of carbonyl (C=O) groups is 1. The Kier molecular flexibility index (Phi) is 6.87. The number of benzene rings is 1. The van der Waals surface area contributed by atoms with E-state index in [1.807, 2.05) is 37.4 Å². The first-order valence-corrected chi connectivity index (χ1v) is 12.2. The number of rotatable bonds is 6. The van der Waals surface area contributed by atoms with Crippen LogP contribution in [0.15, 0.2) is 30.5 Å². The van der Waals surface area contributed by atoms with E-state index in [0.29, 0.717) is 31.6 Å². The summed E-state index contributed by atoms with van der Waals surface area (Å²) >= 11 is 0.